The molecule has 0 saturated carbocycles. The number of likely N-dealkylation sites (tertiary alicyclic amines) is 1. The molecule has 0 aromatic heterocycles. The number of alkyl halides is 3. The molecule has 9 heteroatoms. The number of rotatable bonds is 6. The Morgan fingerprint density at radius 1 is 1.25 bits per heavy atom. The Hall–Kier alpha value is -1.10. The number of guanidine groups is 1. The zero-order chi connectivity index (χ0) is 19.9. The number of aliphatic imine (C=N–C) groups is 1. The molecule has 2 N–H and O–H groups in total. The van der Waals surface area contributed by atoms with Crippen LogP contribution in [0.2, 0.25) is 0 Å². The molecule has 1 unspecified atom stereocenters. The summed E-state index contributed by atoms with van der Waals surface area (Å²) < 4.78 is 52.6. The van der Waals surface area contributed by atoms with Crippen LogP contribution in [-0.4, -0.2) is 43.6 Å². The van der Waals surface area contributed by atoms with E-state index in [-0.39, 0.29) is 36.1 Å². The second kappa shape index (κ2) is 11.8. The Kier molecular flexibility index (Phi) is 10.5. The van der Waals surface area contributed by atoms with E-state index in [1.807, 2.05) is 6.92 Å². The van der Waals surface area contributed by atoms with Crippen molar-refractivity contribution in [1.29, 1.82) is 0 Å². The largest absolute Gasteiger partial charge is 0.416 e. The molecule has 2 rings (SSSR count). The van der Waals surface area contributed by atoms with Crippen molar-refractivity contribution in [3.05, 3.63) is 35.1 Å². The van der Waals surface area contributed by atoms with Gasteiger partial charge in [-0.2, -0.15) is 13.2 Å². The third kappa shape index (κ3) is 7.73. The normalized spacial score (nSPS) is 18.5. The van der Waals surface area contributed by atoms with Gasteiger partial charge in [-0.05, 0) is 56.5 Å². The molecule has 0 aliphatic carbocycles. The molecule has 1 atom stereocenters. The van der Waals surface area contributed by atoms with E-state index in [9.17, 15) is 17.6 Å². The van der Waals surface area contributed by atoms with Crippen LogP contribution in [0.4, 0.5) is 17.6 Å². The number of hydrogen-bond acceptors (Lipinski definition) is 2. The number of nitrogens with one attached hydrogen (secondary N) is 2. The topological polar surface area (TPSA) is 39.7 Å². The highest BCUT2D eigenvalue weighted by atomic mass is 127. The fourth-order valence-corrected chi connectivity index (χ4v) is 3.30. The number of hydrogen-bond donors (Lipinski definition) is 2. The monoisotopic (exact) mass is 516 g/mol. The van der Waals surface area contributed by atoms with Crippen LogP contribution in [0.3, 0.4) is 0 Å². The minimum absolute atomic E-state index is 0. The summed E-state index contributed by atoms with van der Waals surface area (Å²) in [5.74, 6) is 0.0561. The molecular weight excluding hydrogens is 487 g/mol. The van der Waals surface area contributed by atoms with E-state index in [0.29, 0.717) is 24.5 Å². The zero-order valence-corrected chi connectivity index (χ0v) is 18.6. The number of halogens is 5. The minimum Gasteiger partial charge on any atom is -0.357 e. The van der Waals surface area contributed by atoms with Crippen LogP contribution in [0.15, 0.2) is 23.2 Å². The maximum absolute atomic E-state index is 13.2. The summed E-state index contributed by atoms with van der Waals surface area (Å²) in [4.78, 5) is 6.67. The molecule has 28 heavy (non-hydrogen) atoms. The van der Waals surface area contributed by atoms with Crippen molar-refractivity contribution in [3.63, 3.8) is 0 Å². The lowest BCUT2D eigenvalue weighted by Crippen LogP contribution is -2.44. The smallest absolute Gasteiger partial charge is 0.357 e. The lowest BCUT2D eigenvalue weighted by molar-refractivity contribution is -0.138. The SMILES string of the molecule is CCNC(=NCc1ccc(F)cc1C(F)(F)F)NCC1CCCN(CC)C1.I. The van der Waals surface area contributed by atoms with Crippen molar-refractivity contribution >= 4 is 29.9 Å². The van der Waals surface area contributed by atoms with Crippen LogP contribution < -0.4 is 10.6 Å². The van der Waals surface area contributed by atoms with E-state index < -0.39 is 17.6 Å². The maximum atomic E-state index is 13.2. The first-order valence-electron chi connectivity index (χ1n) is 9.43. The minimum atomic E-state index is -4.61. The van der Waals surface area contributed by atoms with Crippen LogP contribution in [0.1, 0.15) is 37.8 Å². The predicted octanol–water partition coefficient (Wildman–Crippen LogP) is 4.25. The summed E-state index contributed by atoms with van der Waals surface area (Å²) in [5, 5.41) is 6.29. The van der Waals surface area contributed by atoms with E-state index >= 15 is 0 Å². The summed E-state index contributed by atoms with van der Waals surface area (Å²) in [5.41, 5.74) is -1.02. The van der Waals surface area contributed by atoms with Gasteiger partial charge in [0.15, 0.2) is 5.96 Å². The number of nitrogens with zero attached hydrogens (tertiary/aromatic N) is 2. The fourth-order valence-electron chi connectivity index (χ4n) is 3.30. The maximum Gasteiger partial charge on any atom is 0.416 e. The molecule has 1 fully saturated rings. The first kappa shape index (κ1) is 24.9. The lowest BCUT2D eigenvalue weighted by Gasteiger charge is -2.32. The van der Waals surface area contributed by atoms with Gasteiger partial charge in [0.2, 0.25) is 0 Å². The first-order chi connectivity index (χ1) is 12.8. The van der Waals surface area contributed by atoms with Gasteiger partial charge in [0.05, 0.1) is 12.1 Å². The van der Waals surface area contributed by atoms with Crippen molar-refractivity contribution in [2.24, 2.45) is 10.9 Å². The number of piperidine rings is 1. The molecule has 1 aliphatic heterocycles. The molecule has 4 nitrogen and oxygen atoms in total. The quantitative estimate of drug-likeness (QED) is 0.257. The van der Waals surface area contributed by atoms with Gasteiger partial charge in [-0.25, -0.2) is 9.38 Å². The van der Waals surface area contributed by atoms with Gasteiger partial charge >= 0.3 is 6.18 Å². The van der Waals surface area contributed by atoms with E-state index in [1.54, 1.807) is 0 Å². The Morgan fingerprint density at radius 2 is 2.00 bits per heavy atom. The standard InChI is InChI=1S/C19H28F4N4.HI/c1-3-24-18(25-11-14-6-5-9-27(4-2)13-14)26-12-15-7-8-16(20)10-17(15)19(21,22)23;/h7-8,10,14H,3-6,9,11-13H2,1-2H3,(H2,24,25,26);1H. The molecule has 0 amide bonds. The molecule has 1 aromatic rings. The van der Waals surface area contributed by atoms with Crippen LogP contribution in [-0.2, 0) is 12.7 Å². The zero-order valence-electron chi connectivity index (χ0n) is 16.3. The van der Waals surface area contributed by atoms with Crippen LogP contribution in [0, 0.1) is 11.7 Å². The molecular formula is C19H29F4IN4. The molecule has 0 bridgehead atoms. The molecule has 1 aromatic carbocycles. The van der Waals surface area contributed by atoms with Gasteiger partial charge in [-0.15, -0.1) is 24.0 Å². The van der Waals surface area contributed by atoms with Gasteiger partial charge in [0, 0.05) is 19.6 Å². The lowest BCUT2D eigenvalue weighted by atomic mass is 9.98. The highest BCUT2D eigenvalue weighted by molar-refractivity contribution is 14.0. The van der Waals surface area contributed by atoms with E-state index in [1.165, 1.54) is 0 Å². The van der Waals surface area contributed by atoms with Crippen LogP contribution in [0.5, 0.6) is 0 Å². The molecule has 0 spiro atoms. The van der Waals surface area contributed by atoms with E-state index in [2.05, 4.69) is 27.4 Å². The highest BCUT2D eigenvalue weighted by Crippen LogP contribution is 2.32. The van der Waals surface area contributed by atoms with Crippen molar-refractivity contribution in [2.75, 3.05) is 32.7 Å². The Bertz CT molecular complexity index is 637. The second-order valence-electron chi connectivity index (χ2n) is 6.78. The third-order valence-corrected chi connectivity index (χ3v) is 4.74. The van der Waals surface area contributed by atoms with E-state index in [4.69, 9.17) is 0 Å². The molecule has 1 aliphatic rings. The average molecular weight is 516 g/mol. The summed E-state index contributed by atoms with van der Waals surface area (Å²) in [6.45, 7) is 8.35. The fraction of sp³-hybridized carbons (Fsp3) is 0.632. The Labute approximate surface area is 181 Å². The van der Waals surface area contributed by atoms with Gasteiger partial charge in [0.1, 0.15) is 5.82 Å². The highest BCUT2D eigenvalue weighted by Gasteiger charge is 2.33. The van der Waals surface area contributed by atoms with E-state index in [0.717, 1.165) is 51.2 Å². The van der Waals surface area contributed by atoms with Crippen LogP contribution in [0.25, 0.3) is 0 Å². The Morgan fingerprint density at radius 3 is 2.64 bits per heavy atom. The summed E-state index contributed by atoms with van der Waals surface area (Å²) >= 11 is 0. The van der Waals surface area contributed by atoms with Crippen LogP contribution >= 0.6 is 24.0 Å². The molecule has 160 valence electrons. The van der Waals surface area contributed by atoms with Gasteiger partial charge < -0.3 is 15.5 Å². The first-order valence-corrected chi connectivity index (χ1v) is 9.43. The van der Waals surface area contributed by atoms with Crippen molar-refractivity contribution in [2.45, 2.75) is 39.4 Å². The Balaban J connectivity index is 0.00000392. The third-order valence-electron chi connectivity index (χ3n) is 4.74. The van der Waals surface area contributed by atoms with Gasteiger partial charge in [-0.1, -0.05) is 13.0 Å². The second-order valence-corrected chi connectivity index (χ2v) is 6.78. The summed E-state index contributed by atoms with van der Waals surface area (Å²) in [6, 6.07) is 2.69. The van der Waals surface area contributed by atoms with Gasteiger partial charge in [-0.3, -0.25) is 0 Å². The van der Waals surface area contributed by atoms with Crippen molar-refractivity contribution in [1.82, 2.24) is 15.5 Å². The van der Waals surface area contributed by atoms with Crippen molar-refractivity contribution in [3.8, 4) is 0 Å². The molecule has 0 radical (unpaired) electrons. The summed E-state index contributed by atoms with van der Waals surface area (Å²) in [6.07, 6.45) is -2.33. The predicted molar refractivity (Wildman–Crippen MR) is 114 cm³/mol. The summed E-state index contributed by atoms with van der Waals surface area (Å²) in [7, 11) is 0. The van der Waals surface area contributed by atoms with Gasteiger partial charge in [0.25, 0.3) is 0 Å². The molecule has 1 saturated heterocycles. The van der Waals surface area contributed by atoms with Crippen molar-refractivity contribution < 1.29 is 17.6 Å². The number of benzene rings is 1. The average Bonchev–Trinajstić information content (AvgIpc) is 2.64. The molecule has 1 heterocycles.